The van der Waals surface area contributed by atoms with Crippen LogP contribution in [0.2, 0.25) is 0 Å². The molecule has 0 bridgehead atoms. The predicted molar refractivity (Wildman–Crippen MR) is 150 cm³/mol. The molecule has 206 valence electrons. The molecule has 0 spiro atoms. The number of halogens is 1. The SMILES string of the molecule is COc1ccc(OC)c([C@H]2SCC(=O)N(CC(=O)NC3CC3)c3c2c(C(C)(C)C)nn3-c2ccc(F)cc2)c1. The molecular formula is C29H33FN4O4S. The monoisotopic (exact) mass is 552 g/mol. The number of aromatic nitrogens is 2. The highest BCUT2D eigenvalue weighted by atomic mass is 32.2. The van der Waals surface area contributed by atoms with Gasteiger partial charge in [0.05, 0.1) is 36.6 Å². The van der Waals surface area contributed by atoms with E-state index in [2.05, 4.69) is 26.1 Å². The predicted octanol–water partition coefficient (Wildman–Crippen LogP) is 4.77. The van der Waals surface area contributed by atoms with Crippen LogP contribution in [-0.2, 0) is 15.0 Å². The molecule has 1 aromatic heterocycles. The van der Waals surface area contributed by atoms with Crippen molar-refractivity contribution >= 4 is 29.4 Å². The van der Waals surface area contributed by atoms with E-state index in [4.69, 9.17) is 14.6 Å². The Hall–Kier alpha value is -3.53. The highest BCUT2D eigenvalue weighted by Gasteiger charge is 2.41. The second-order valence-electron chi connectivity index (χ2n) is 10.8. The number of anilines is 1. The van der Waals surface area contributed by atoms with Gasteiger partial charge in [0.2, 0.25) is 11.8 Å². The summed E-state index contributed by atoms with van der Waals surface area (Å²) in [6.45, 7) is 6.05. The highest BCUT2D eigenvalue weighted by Crippen LogP contribution is 2.51. The zero-order valence-corrected chi connectivity index (χ0v) is 23.6. The van der Waals surface area contributed by atoms with E-state index < -0.39 is 5.41 Å². The molecule has 2 amide bonds. The first-order valence-corrected chi connectivity index (χ1v) is 14.0. The number of carbonyl (C=O) groups is 2. The van der Waals surface area contributed by atoms with Crippen LogP contribution in [0.15, 0.2) is 42.5 Å². The zero-order chi connectivity index (χ0) is 27.9. The molecule has 0 saturated heterocycles. The molecule has 0 radical (unpaired) electrons. The number of carbonyl (C=O) groups excluding carboxylic acids is 2. The molecule has 8 nitrogen and oxygen atoms in total. The van der Waals surface area contributed by atoms with Crippen molar-refractivity contribution in [3.05, 3.63) is 65.1 Å². The smallest absolute Gasteiger partial charge is 0.240 e. The number of nitrogens with zero attached hydrogens (tertiary/aromatic N) is 3. The molecule has 2 heterocycles. The Morgan fingerprint density at radius 2 is 1.85 bits per heavy atom. The molecule has 0 unspecified atom stereocenters. The Labute approximate surface area is 231 Å². The summed E-state index contributed by atoms with van der Waals surface area (Å²) in [5.74, 6) is 1.16. The van der Waals surface area contributed by atoms with Crippen molar-refractivity contribution in [1.29, 1.82) is 0 Å². The number of ether oxygens (including phenoxy) is 2. The van der Waals surface area contributed by atoms with Crippen molar-refractivity contribution in [2.75, 3.05) is 31.4 Å². The first kappa shape index (κ1) is 27.1. The summed E-state index contributed by atoms with van der Waals surface area (Å²) in [5, 5.41) is 7.67. The zero-order valence-electron chi connectivity index (χ0n) is 22.8. The van der Waals surface area contributed by atoms with Crippen LogP contribution >= 0.6 is 11.8 Å². The van der Waals surface area contributed by atoms with E-state index in [-0.39, 0.29) is 41.2 Å². The van der Waals surface area contributed by atoms with Crippen molar-refractivity contribution in [3.8, 4) is 17.2 Å². The minimum atomic E-state index is -0.421. The number of fused-ring (bicyclic) bond motifs is 1. The third kappa shape index (κ3) is 5.48. The lowest BCUT2D eigenvalue weighted by Crippen LogP contribution is -2.43. The van der Waals surface area contributed by atoms with Crippen molar-refractivity contribution in [2.45, 2.75) is 50.3 Å². The Morgan fingerprint density at radius 1 is 1.13 bits per heavy atom. The van der Waals surface area contributed by atoms with Crippen molar-refractivity contribution < 1.29 is 23.5 Å². The summed E-state index contributed by atoms with van der Waals surface area (Å²) in [4.78, 5) is 28.3. The van der Waals surface area contributed by atoms with Crippen LogP contribution in [0.25, 0.3) is 5.69 Å². The van der Waals surface area contributed by atoms with Gasteiger partial charge in [-0.3, -0.25) is 14.5 Å². The molecule has 1 N–H and O–H groups in total. The Bertz CT molecular complexity index is 1400. The average molecular weight is 553 g/mol. The van der Waals surface area contributed by atoms with Crippen molar-refractivity contribution in [3.63, 3.8) is 0 Å². The van der Waals surface area contributed by atoms with Gasteiger partial charge in [-0.25, -0.2) is 9.07 Å². The normalized spacial score (nSPS) is 17.4. The molecule has 2 aromatic carbocycles. The van der Waals surface area contributed by atoms with E-state index in [1.807, 2.05) is 18.2 Å². The molecule has 1 aliphatic heterocycles. The minimum Gasteiger partial charge on any atom is -0.497 e. The molecule has 10 heteroatoms. The molecule has 2 aliphatic rings. The molecular weight excluding hydrogens is 519 g/mol. The topological polar surface area (TPSA) is 85.7 Å². The fourth-order valence-corrected chi connectivity index (χ4v) is 5.98. The lowest BCUT2D eigenvalue weighted by atomic mass is 9.87. The van der Waals surface area contributed by atoms with E-state index in [1.54, 1.807) is 31.0 Å². The quantitative estimate of drug-likeness (QED) is 0.454. The van der Waals surface area contributed by atoms with Crippen LogP contribution in [0, 0.1) is 5.82 Å². The maximum atomic E-state index is 13.9. The first-order chi connectivity index (χ1) is 18.6. The second-order valence-corrected chi connectivity index (χ2v) is 11.9. The molecule has 1 saturated carbocycles. The number of amides is 2. The number of hydrogen-bond acceptors (Lipinski definition) is 6. The third-order valence-electron chi connectivity index (χ3n) is 6.83. The molecule has 1 atom stereocenters. The van der Waals surface area contributed by atoms with Gasteiger partial charge in [-0.05, 0) is 55.3 Å². The fraction of sp³-hybridized carbons (Fsp3) is 0.414. The Balaban J connectivity index is 1.77. The minimum absolute atomic E-state index is 0.138. The lowest BCUT2D eigenvalue weighted by molar-refractivity contribution is -0.123. The number of rotatable bonds is 7. The number of hydrogen-bond donors (Lipinski definition) is 1. The maximum Gasteiger partial charge on any atom is 0.240 e. The molecule has 3 aromatic rings. The largest absolute Gasteiger partial charge is 0.497 e. The number of nitrogens with one attached hydrogen (secondary N) is 1. The van der Waals surface area contributed by atoms with Gasteiger partial charge in [0.1, 0.15) is 29.7 Å². The third-order valence-corrected chi connectivity index (χ3v) is 8.07. The van der Waals surface area contributed by atoms with Gasteiger partial charge in [-0.2, -0.15) is 5.10 Å². The molecule has 1 fully saturated rings. The number of benzene rings is 2. The standard InChI is InChI=1S/C29H33FN4O4S/c1-29(2,3)27-25-26(21-14-20(37-4)12-13-22(21)38-5)39-16-24(36)33(15-23(35)31-18-8-9-18)28(25)34(32-27)19-10-6-17(30)7-11-19/h6-7,10-14,18,26H,8-9,15-16H2,1-5H3,(H,31,35)/t26-/m1/s1. The maximum absolute atomic E-state index is 13.9. The van der Waals surface area contributed by atoms with Crippen LogP contribution in [0.5, 0.6) is 11.5 Å². The fourth-order valence-electron chi connectivity index (χ4n) is 4.77. The molecule has 5 rings (SSSR count). The van der Waals surface area contributed by atoms with Crippen LogP contribution in [0.4, 0.5) is 10.2 Å². The van der Waals surface area contributed by atoms with E-state index in [0.29, 0.717) is 23.0 Å². The summed E-state index contributed by atoms with van der Waals surface area (Å²) in [6.07, 6.45) is 1.89. The first-order valence-electron chi connectivity index (χ1n) is 12.9. The average Bonchev–Trinajstić information content (AvgIpc) is 3.65. The molecule has 39 heavy (non-hydrogen) atoms. The van der Waals surface area contributed by atoms with Gasteiger partial charge in [-0.1, -0.05) is 20.8 Å². The van der Waals surface area contributed by atoms with E-state index in [1.165, 1.54) is 28.8 Å². The molecule has 1 aliphatic carbocycles. The Kier molecular flexibility index (Phi) is 7.33. The van der Waals surface area contributed by atoms with Gasteiger partial charge >= 0.3 is 0 Å². The highest BCUT2D eigenvalue weighted by molar-refractivity contribution is 8.00. The van der Waals surface area contributed by atoms with E-state index in [0.717, 1.165) is 29.7 Å². The van der Waals surface area contributed by atoms with Crippen molar-refractivity contribution in [2.24, 2.45) is 0 Å². The summed E-state index contributed by atoms with van der Waals surface area (Å²) < 4.78 is 26.9. The number of methoxy groups -OCH3 is 2. The summed E-state index contributed by atoms with van der Waals surface area (Å²) >= 11 is 1.46. The van der Waals surface area contributed by atoms with E-state index >= 15 is 0 Å². The van der Waals surface area contributed by atoms with Gasteiger partial charge in [0.15, 0.2) is 0 Å². The van der Waals surface area contributed by atoms with Crippen LogP contribution in [0.1, 0.15) is 55.7 Å². The van der Waals surface area contributed by atoms with Gasteiger partial charge in [-0.15, -0.1) is 11.8 Å². The Morgan fingerprint density at radius 3 is 2.46 bits per heavy atom. The summed E-state index contributed by atoms with van der Waals surface area (Å²) in [5.41, 5.74) is 2.59. The second kappa shape index (κ2) is 10.6. The number of thioether (sulfide) groups is 1. The van der Waals surface area contributed by atoms with Crippen molar-refractivity contribution in [1.82, 2.24) is 15.1 Å². The van der Waals surface area contributed by atoms with Gasteiger partial charge in [0, 0.05) is 22.6 Å². The van der Waals surface area contributed by atoms with Crippen LogP contribution in [-0.4, -0.2) is 54.2 Å². The van der Waals surface area contributed by atoms with E-state index in [9.17, 15) is 14.0 Å². The summed E-state index contributed by atoms with van der Waals surface area (Å²) in [7, 11) is 3.22. The lowest BCUT2D eigenvalue weighted by Gasteiger charge is -2.25. The summed E-state index contributed by atoms with van der Waals surface area (Å²) in [6, 6.07) is 11.7. The van der Waals surface area contributed by atoms with Crippen LogP contribution in [0.3, 0.4) is 0 Å². The van der Waals surface area contributed by atoms with Gasteiger partial charge in [0.25, 0.3) is 0 Å². The van der Waals surface area contributed by atoms with Crippen LogP contribution < -0.4 is 19.7 Å². The van der Waals surface area contributed by atoms with Gasteiger partial charge < -0.3 is 14.8 Å².